The molecule has 0 aromatic heterocycles. The van der Waals surface area contributed by atoms with Crippen LogP contribution < -0.4 is 5.32 Å². The fourth-order valence-corrected chi connectivity index (χ4v) is 3.02. The van der Waals surface area contributed by atoms with Gasteiger partial charge in [-0.1, -0.05) is 30.3 Å². The molecule has 25 heavy (non-hydrogen) atoms. The highest BCUT2D eigenvalue weighted by Gasteiger charge is 2.45. The maximum absolute atomic E-state index is 13.8. The van der Waals surface area contributed by atoms with E-state index in [-0.39, 0.29) is 23.8 Å². The summed E-state index contributed by atoms with van der Waals surface area (Å²) in [4.78, 5) is 23.5. The Balaban J connectivity index is 1.70. The Morgan fingerprint density at radius 2 is 1.88 bits per heavy atom. The summed E-state index contributed by atoms with van der Waals surface area (Å²) in [5.41, 5.74) is 0.877. The van der Waals surface area contributed by atoms with E-state index < -0.39 is 29.6 Å². The first-order chi connectivity index (χ1) is 12.0. The van der Waals surface area contributed by atoms with Gasteiger partial charge in [-0.2, -0.15) is 0 Å². The van der Waals surface area contributed by atoms with Gasteiger partial charge in [0.2, 0.25) is 5.91 Å². The zero-order valence-electron chi connectivity index (χ0n) is 13.3. The second-order valence-corrected chi connectivity index (χ2v) is 6.18. The third kappa shape index (κ3) is 4.02. The molecule has 130 valence electrons. The van der Waals surface area contributed by atoms with E-state index in [0.717, 1.165) is 18.2 Å². The molecular weight excluding hydrogens is 328 g/mol. The van der Waals surface area contributed by atoms with E-state index in [0.29, 0.717) is 12.0 Å². The van der Waals surface area contributed by atoms with Crippen molar-refractivity contribution >= 4 is 11.9 Å². The molecule has 1 fully saturated rings. The summed E-state index contributed by atoms with van der Waals surface area (Å²) in [6.45, 7) is 0. The van der Waals surface area contributed by atoms with Crippen molar-refractivity contribution in [1.82, 2.24) is 5.32 Å². The Morgan fingerprint density at radius 1 is 1.16 bits per heavy atom. The van der Waals surface area contributed by atoms with Gasteiger partial charge in [0.15, 0.2) is 0 Å². The number of amides is 1. The molecule has 6 heteroatoms. The minimum absolute atomic E-state index is 0.189. The number of carbonyl (C=O) groups is 2. The first kappa shape index (κ1) is 17.1. The fourth-order valence-electron chi connectivity index (χ4n) is 3.02. The fraction of sp³-hybridized carbons (Fsp3) is 0.263. The maximum Gasteiger partial charge on any atom is 0.305 e. The van der Waals surface area contributed by atoms with Crippen LogP contribution in [0.5, 0.6) is 0 Å². The molecular formula is C19H17F2NO3. The molecule has 4 nitrogen and oxygen atoms in total. The molecule has 0 bridgehead atoms. The van der Waals surface area contributed by atoms with Crippen molar-refractivity contribution in [3.63, 3.8) is 0 Å². The molecule has 2 N–H and O–H groups in total. The Morgan fingerprint density at radius 3 is 2.56 bits per heavy atom. The standard InChI is InChI=1S/C19H17F2NO3/c20-12-6-7-16(21)14(8-12)13-9-15(13)19(25)22-17(10-18(23)24)11-4-2-1-3-5-11/h1-8,13,15,17H,9-10H2,(H,22,25)(H,23,24). The highest BCUT2D eigenvalue weighted by molar-refractivity contribution is 5.84. The van der Waals surface area contributed by atoms with Gasteiger partial charge in [-0.3, -0.25) is 9.59 Å². The molecule has 0 radical (unpaired) electrons. The van der Waals surface area contributed by atoms with Crippen LogP contribution >= 0.6 is 0 Å². The number of carboxylic acid groups (broad SMARTS) is 1. The number of nitrogens with one attached hydrogen (secondary N) is 1. The van der Waals surface area contributed by atoms with Crippen molar-refractivity contribution in [1.29, 1.82) is 0 Å². The minimum Gasteiger partial charge on any atom is -0.481 e. The molecule has 0 heterocycles. The van der Waals surface area contributed by atoms with E-state index in [4.69, 9.17) is 5.11 Å². The van der Waals surface area contributed by atoms with Crippen molar-refractivity contribution in [2.24, 2.45) is 5.92 Å². The number of carbonyl (C=O) groups excluding carboxylic acids is 1. The summed E-state index contributed by atoms with van der Waals surface area (Å²) < 4.78 is 27.1. The quantitative estimate of drug-likeness (QED) is 0.843. The predicted octanol–water partition coefficient (Wildman–Crippen LogP) is 3.40. The van der Waals surface area contributed by atoms with Gasteiger partial charge in [-0.05, 0) is 41.7 Å². The van der Waals surface area contributed by atoms with E-state index in [1.807, 2.05) is 0 Å². The second kappa shape index (κ2) is 7.01. The molecule has 0 spiro atoms. The van der Waals surface area contributed by atoms with Crippen LogP contribution in [-0.4, -0.2) is 17.0 Å². The third-order valence-electron chi connectivity index (χ3n) is 4.38. The molecule has 2 aromatic rings. The van der Waals surface area contributed by atoms with Gasteiger partial charge >= 0.3 is 5.97 Å². The Hall–Kier alpha value is -2.76. The SMILES string of the molecule is O=C(O)CC(NC(=O)C1CC1c1cc(F)ccc1F)c1ccccc1. The molecule has 1 aliphatic rings. The first-order valence-electron chi connectivity index (χ1n) is 7.97. The van der Waals surface area contributed by atoms with Crippen molar-refractivity contribution < 1.29 is 23.5 Å². The molecule has 0 saturated heterocycles. The topological polar surface area (TPSA) is 66.4 Å². The zero-order valence-corrected chi connectivity index (χ0v) is 13.3. The molecule has 0 aliphatic heterocycles. The average Bonchev–Trinajstić information content (AvgIpc) is 3.37. The van der Waals surface area contributed by atoms with E-state index in [1.165, 1.54) is 0 Å². The summed E-state index contributed by atoms with van der Waals surface area (Å²) in [6, 6.07) is 11.3. The van der Waals surface area contributed by atoms with E-state index in [1.54, 1.807) is 30.3 Å². The van der Waals surface area contributed by atoms with E-state index >= 15 is 0 Å². The number of carboxylic acids is 1. The second-order valence-electron chi connectivity index (χ2n) is 6.18. The number of halogens is 2. The summed E-state index contributed by atoms with van der Waals surface area (Å²) in [7, 11) is 0. The number of aliphatic carboxylic acids is 1. The minimum atomic E-state index is -1.03. The first-order valence-corrected chi connectivity index (χ1v) is 7.97. The summed E-state index contributed by atoms with van der Waals surface area (Å²) in [5.74, 6) is -3.31. The zero-order chi connectivity index (χ0) is 18.0. The lowest BCUT2D eigenvalue weighted by Crippen LogP contribution is -2.31. The van der Waals surface area contributed by atoms with Gasteiger partial charge in [0.1, 0.15) is 11.6 Å². The number of rotatable bonds is 6. The smallest absolute Gasteiger partial charge is 0.305 e. The molecule has 3 atom stereocenters. The van der Waals surface area contributed by atoms with Crippen molar-refractivity contribution in [3.05, 3.63) is 71.3 Å². The van der Waals surface area contributed by atoms with Gasteiger partial charge < -0.3 is 10.4 Å². The van der Waals surface area contributed by atoms with Crippen LogP contribution in [0.15, 0.2) is 48.5 Å². The van der Waals surface area contributed by atoms with Crippen LogP contribution in [0.4, 0.5) is 8.78 Å². The highest BCUT2D eigenvalue weighted by atomic mass is 19.1. The summed E-state index contributed by atoms with van der Waals surface area (Å²) in [5, 5.41) is 11.8. The van der Waals surface area contributed by atoms with Gasteiger partial charge in [-0.25, -0.2) is 8.78 Å². The monoisotopic (exact) mass is 345 g/mol. The van der Waals surface area contributed by atoms with Crippen LogP contribution in [0.2, 0.25) is 0 Å². The molecule has 2 aromatic carbocycles. The lowest BCUT2D eigenvalue weighted by Gasteiger charge is -2.17. The third-order valence-corrected chi connectivity index (χ3v) is 4.38. The van der Waals surface area contributed by atoms with E-state index in [9.17, 15) is 18.4 Å². The molecule has 3 unspecified atom stereocenters. The van der Waals surface area contributed by atoms with Crippen LogP contribution in [0.3, 0.4) is 0 Å². The van der Waals surface area contributed by atoms with Gasteiger partial charge in [0.25, 0.3) is 0 Å². The lowest BCUT2D eigenvalue weighted by molar-refractivity contribution is -0.137. The summed E-state index contributed by atoms with van der Waals surface area (Å²) in [6.07, 6.45) is 0.169. The van der Waals surface area contributed by atoms with Gasteiger partial charge in [0, 0.05) is 5.92 Å². The number of benzene rings is 2. The molecule has 3 rings (SSSR count). The molecule has 1 saturated carbocycles. The molecule has 1 aliphatic carbocycles. The van der Waals surface area contributed by atoms with Gasteiger partial charge in [-0.15, -0.1) is 0 Å². The maximum atomic E-state index is 13.8. The highest BCUT2D eigenvalue weighted by Crippen LogP contribution is 2.48. The van der Waals surface area contributed by atoms with Crippen LogP contribution in [0, 0.1) is 17.6 Å². The normalized spacial score (nSPS) is 19.9. The van der Waals surface area contributed by atoms with Crippen molar-refractivity contribution in [2.75, 3.05) is 0 Å². The largest absolute Gasteiger partial charge is 0.481 e. The number of hydrogen-bond donors (Lipinski definition) is 2. The Labute approximate surface area is 143 Å². The van der Waals surface area contributed by atoms with Crippen molar-refractivity contribution in [3.8, 4) is 0 Å². The van der Waals surface area contributed by atoms with Gasteiger partial charge in [0.05, 0.1) is 12.5 Å². The molecule has 1 amide bonds. The average molecular weight is 345 g/mol. The Kier molecular flexibility index (Phi) is 4.79. The summed E-state index contributed by atoms with van der Waals surface area (Å²) >= 11 is 0. The van der Waals surface area contributed by atoms with Crippen molar-refractivity contribution in [2.45, 2.75) is 24.8 Å². The van der Waals surface area contributed by atoms with E-state index in [2.05, 4.69) is 5.32 Å². The van der Waals surface area contributed by atoms with Crippen LogP contribution in [-0.2, 0) is 9.59 Å². The Bertz CT molecular complexity index is 795. The lowest BCUT2D eigenvalue weighted by atomic mass is 10.0. The number of hydrogen-bond acceptors (Lipinski definition) is 2. The van der Waals surface area contributed by atoms with Crippen LogP contribution in [0.25, 0.3) is 0 Å². The predicted molar refractivity (Wildman–Crippen MR) is 86.8 cm³/mol. The van der Waals surface area contributed by atoms with Crippen LogP contribution in [0.1, 0.15) is 35.9 Å².